The molecule has 3 aromatic rings. The van der Waals surface area contributed by atoms with Crippen molar-refractivity contribution in [2.75, 3.05) is 24.6 Å². The molecule has 1 heterocycles. The summed E-state index contributed by atoms with van der Waals surface area (Å²) < 4.78 is 39.4. The summed E-state index contributed by atoms with van der Waals surface area (Å²) >= 11 is 0. The van der Waals surface area contributed by atoms with Crippen molar-refractivity contribution in [2.24, 2.45) is 5.92 Å². The summed E-state index contributed by atoms with van der Waals surface area (Å²) in [4.78, 5) is 27.8. The summed E-state index contributed by atoms with van der Waals surface area (Å²) in [6.45, 7) is 5.97. The lowest BCUT2D eigenvalue weighted by Crippen LogP contribution is -2.51. The van der Waals surface area contributed by atoms with Gasteiger partial charge in [-0.1, -0.05) is 56.3 Å². The summed E-state index contributed by atoms with van der Waals surface area (Å²) in [5.41, 5.74) is 2.08. The second-order valence-corrected chi connectivity index (χ2v) is 11.5. The molecule has 0 fully saturated rings. The van der Waals surface area contributed by atoms with Crippen LogP contribution in [0, 0.1) is 12.8 Å². The molecule has 2 amide bonds. The lowest BCUT2D eigenvalue weighted by Gasteiger charge is -2.34. The molecule has 9 nitrogen and oxygen atoms in total. The Labute approximate surface area is 229 Å². The van der Waals surface area contributed by atoms with E-state index in [4.69, 9.17) is 9.47 Å². The van der Waals surface area contributed by atoms with Gasteiger partial charge in [-0.3, -0.25) is 9.59 Å². The smallest absolute Gasteiger partial charge is 0.265 e. The summed E-state index contributed by atoms with van der Waals surface area (Å²) in [7, 11) is -3.65. The molecule has 0 spiro atoms. The molecule has 0 unspecified atom stereocenters. The van der Waals surface area contributed by atoms with Gasteiger partial charge in [0.25, 0.3) is 11.8 Å². The predicted molar refractivity (Wildman–Crippen MR) is 148 cm³/mol. The van der Waals surface area contributed by atoms with Crippen LogP contribution in [0.5, 0.6) is 11.5 Å². The highest BCUT2D eigenvalue weighted by atomic mass is 32.2. The third kappa shape index (κ3) is 7.15. The van der Waals surface area contributed by atoms with Gasteiger partial charge in [0, 0.05) is 13.1 Å². The van der Waals surface area contributed by atoms with E-state index >= 15 is 0 Å². The van der Waals surface area contributed by atoms with Crippen LogP contribution in [0.4, 0.5) is 5.69 Å². The van der Waals surface area contributed by atoms with Gasteiger partial charge in [0.1, 0.15) is 11.5 Å². The van der Waals surface area contributed by atoms with Crippen LogP contribution in [0.3, 0.4) is 0 Å². The van der Waals surface area contributed by atoms with Gasteiger partial charge in [0.15, 0.2) is 12.7 Å². The fraction of sp³-hybridized carbons (Fsp3) is 0.310. The number of ether oxygens (including phenoxy) is 2. The van der Waals surface area contributed by atoms with Crippen LogP contribution in [-0.2, 0) is 26.2 Å². The highest BCUT2D eigenvalue weighted by Crippen LogP contribution is 2.33. The van der Waals surface area contributed by atoms with Crippen molar-refractivity contribution in [1.82, 2.24) is 10.0 Å². The number of amides is 2. The van der Waals surface area contributed by atoms with Gasteiger partial charge in [-0.2, -0.15) is 0 Å². The maximum Gasteiger partial charge on any atom is 0.265 e. The van der Waals surface area contributed by atoms with Crippen LogP contribution in [0.2, 0.25) is 0 Å². The molecule has 0 saturated carbocycles. The Bertz CT molecular complexity index is 1430. The van der Waals surface area contributed by atoms with E-state index in [-0.39, 0.29) is 35.8 Å². The number of rotatable bonds is 10. The second kappa shape index (κ2) is 12.3. The van der Waals surface area contributed by atoms with Gasteiger partial charge in [0.2, 0.25) is 10.0 Å². The summed E-state index contributed by atoms with van der Waals surface area (Å²) in [6, 6.07) is 21.1. The highest BCUT2D eigenvalue weighted by Gasteiger charge is 2.34. The molecule has 4 rings (SSSR count). The number of carbonyl (C=O) groups is 2. The van der Waals surface area contributed by atoms with Gasteiger partial charge in [0.05, 0.1) is 17.1 Å². The van der Waals surface area contributed by atoms with Crippen LogP contribution in [-0.4, -0.2) is 46.0 Å². The topological polar surface area (TPSA) is 114 Å². The first-order valence-electron chi connectivity index (χ1n) is 12.7. The Morgan fingerprint density at radius 2 is 1.77 bits per heavy atom. The zero-order valence-corrected chi connectivity index (χ0v) is 23.0. The molecule has 0 radical (unpaired) electrons. The van der Waals surface area contributed by atoms with Crippen molar-refractivity contribution in [3.63, 3.8) is 0 Å². The summed E-state index contributed by atoms with van der Waals surface area (Å²) in [6.07, 6.45) is -0.892. The van der Waals surface area contributed by atoms with Crippen LogP contribution >= 0.6 is 0 Å². The molecule has 39 heavy (non-hydrogen) atoms. The fourth-order valence-corrected chi connectivity index (χ4v) is 5.33. The van der Waals surface area contributed by atoms with E-state index < -0.39 is 16.1 Å². The molecule has 2 N–H and O–H groups in total. The van der Waals surface area contributed by atoms with E-state index in [1.165, 1.54) is 17.0 Å². The van der Waals surface area contributed by atoms with E-state index in [0.29, 0.717) is 35.8 Å². The van der Waals surface area contributed by atoms with Gasteiger partial charge >= 0.3 is 0 Å². The highest BCUT2D eigenvalue weighted by molar-refractivity contribution is 7.89. The molecule has 0 bridgehead atoms. The Kier molecular flexibility index (Phi) is 8.88. The van der Waals surface area contributed by atoms with Gasteiger partial charge in [-0.15, -0.1) is 0 Å². The average Bonchev–Trinajstić information content (AvgIpc) is 2.94. The zero-order valence-electron chi connectivity index (χ0n) is 22.2. The lowest BCUT2D eigenvalue weighted by atomic mass is 10.1. The van der Waals surface area contributed by atoms with Crippen molar-refractivity contribution in [1.29, 1.82) is 0 Å². The normalized spacial score (nSPS) is 14.9. The standard InChI is InChI=1S/C29H33N3O6S/c1-20(2)16-31-39(35,36)23-13-14-25(21(3)15-23)37-19-28(33)32-18-27(38-26-12-8-7-11-24(26)32)29(34)30-17-22-9-5-4-6-10-22/h4-15,20,27,31H,16-19H2,1-3H3,(H,30,34)/t27-/m0/s1. The summed E-state index contributed by atoms with van der Waals surface area (Å²) in [5.74, 6) is 0.308. The number of fused-ring (bicyclic) bond motifs is 1. The van der Waals surface area contributed by atoms with Gasteiger partial charge < -0.3 is 19.7 Å². The van der Waals surface area contributed by atoms with Crippen molar-refractivity contribution in [2.45, 2.75) is 38.3 Å². The van der Waals surface area contributed by atoms with Crippen molar-refractivity contribution in [3.05, 3.63) is 83.9 Å². The molecule has 1 aliphatic rings. The number of sulfonamides is 1. The first-order valence-corrected chi connectivity index (χ1v) is 14.2. The number of nitrogens with one attached hydrogen (secondary N) is 2. The Hall–Kier alpha value is -3.89. The first-order chi connectivity index (χ1) is 18.6. The molecule has 0 aliphatic carbocycles. The maximum atomic E-state index is 13.3. The monoisotopic (exact) mass is 551 g/mol. The Balaban J connectivity index is 1.42. The SMILES string of the molecule is Cc1cc(S(=O)(=O)NCC(C)C)ccc1OCC(=O)N1C[C@@H](C(=O)NCc2ccccc2)Oc2ccccc21. The number of carbonyl (C=O) groups excluding carboxylic acids is 2. The minimum absolute atomic E-state index is 0.0253. The van der Waals surface area contributed by atoms with Crippen LogP contribution in [0.1, 0.15) is 25.0 Å². The number of aryl methyl sites for hydroxylation is 1. The number of hydrogen-bond donors (Lipinski definition) is 2. The number of nitrogens with zero attached hydrogens (tertiary/aromatic N) is 1. The van der Waals surface area contributed by atoms with E-state index in [0.717, 1.165) is 5.56 Å². The van der Waals surface area contributed by atoms with E-state index in [1.807, 2.05) is 44.2 Å². The largest absolute Gasteiger partial charge is 0.483 e. The lowest BCUT2D eigenvalue weighted by molar-refractivity contribution is -0.128. The number of benzene rings is 3. The third-order valence-corrected chi connectivity index (χ3v) is 7.59. The van der Waals surface area contributed by atoms with Gasteiger partial charge in [-0.05, 0) is 54.3 Å². The predicted octanol–water partition coefficient (Wildman–Crippen LogP) is 3.42. The first kappa shape index (κ1) is 28.1. The Morgan fingerprint density at radius 1 is 1.05 bits per heavy atom. The van der Waals surface area contributed by atoms with Crippen LogP contribution in [0.15, 0.2) is 77.7 Å². The number of hydrogen-bond acceptors (Lipinski definition) is 6. The molecule has 1 aliphatic heterocycles. The van der Waals surface area contributed by atoms with E-state index in [2.05, 4.69) is 10.0 Å². The number of para-hydroxylation sites is 2. The van der Waals surface area contributed by atoms with Crippen molar-refractivity contribution >= 4 is 27.5 Å². The molecular weight excluding hydrogens is 518 g/mol. The number of anilines is 1. The zero-order chi connectivity index (χ0) is 28.0. The van der Waals surface area contributed by atoms with E-state index in [1.54, 1.807) is 37.3 Å². The molecule has 206 valence electrons. The third-order valence-electron chi connectivity index (χ3n) is 6.17. The molecule has 10 heteroatoms. The molecule has 3 aromatic carbocycles. The maximum absolute atomic E-state index is 13.3. The minimum atomic E-state index is -3.65. The van der Waals surface area contributed by atoms with Gasteiger partial charge in [-0.25, -0.2) is 13.1 Å². The quantitative estimate of drug-likeness (QED) is 0.399. The minimum Gasteiger partial charge on any atom is -0.483 e. The van der Waals surface area contributed by atoms with Crippen LogP contribution < -0.4 is 24.4 Å². The average molecular weight is 552 g/mol. The molecule has 0 saturated heterocycles. The van der Waals surface area contributed by atoms with Crippen molar-refractivity contribution in [3.8, 4) is 11.5 Å². The fourth-order valence-electron chi connectivity index (χ4n) is 4.03. The van der Waals surface area contributed by atoms with E-state index in [9.17, 15) is 18.0 Å². The second-order valence-electron chi connectivity index (χ2n) is 9.74. The summed E-state index contributed by atoms with van der Waals surface area (Å²) in [5, 5.41) is 2.87. The molecular formula is C29H33N3O6S. The van der Waals surface area contributed by atoms with Crippen molar-refractivity contribution < 1.29 is 27.5 Å². The molecule has 0 aromatic heterocycles. The van der Waals surface area contributed by atoms with Crippen LogP contribution in [0.25, 0.3) is 0 Å². The molecule has 1 atom stereocenters. The Morgan fingerprint density at radius 3 is 2.49 bits per heavy atom.